The van der Waals surface area contributed by atoms with Crippen molar-refractivity contribution in [2.75, 3.05) is 0 Å². The maximum absolute atomic E-state index is 12.5. The summed E-state index contributed by atoms with van der Waals surface area (Å²) in [5, 5.41) is 1.50. The van der Waals surface area contributed by atoms with E-state index in [-0.39, 0.29) is 28.1 Å². The molecule has 0 unspecified atom stereocenters. The summed E-state index contributed by atoms with van der Waals surface area (Å²) < 4.78 is 25.2. The van der Waals surface area contributed by atoms with E-state index < -0.39 is 9.84 Å². The first-order valence-corrected chi connectivity index (χ1v) is 8.16. The average molecular weight is 342 g/mol. The third-order valence-electron chi connectivity index (χ3n) is 2.86. The zero-order valence-corrected chi connectivity index (χ0v) is 13.2. The van der Waals surface area contributed by atoms with Crippen molar-refractivity contribution in [3.8, 4) is 0 Å². The molecule has 0 radical (unpaired) electrons. The van der Waals surface area contributed by atoms with Crippen molar-refractivity contribution in [2.24, 2.45) is 5.73 Å². The van der Waals surface area contributed by atoms with Gasteiger partial charge in [0.15, 0.2) is 0 Å². The van der Waals surface area contributed by atoms with Crippen molar-refractivity contribution in [3.63, 3.8) is 0 Å². The van der Waals surface area contributed by atoms with Crippen LogP contribution in [0.15, 0.2) is 51.8 Å². The Kier molecular flexibility index (Phi) is 4.58. The van der Waals surface area contributed by atoms with E-state index in [0.29, 0.717) is 10.5 Å². The van der Waals surface area contributed by atoms with Gasteiger partial charge in [-0.1, -0.05) is 12.1 Å². The first-order chi connectivity index (χ1) is 9.61. The summed E-state index contributed by atoms with van der Waals surface area (Å²) >= 11 is 1.10. The quantitative estimate of drug-likeness (QED) is 0.790. The minimum Gasteiger partial charge on any atom is -0.325 e. The molecule has 0 aliphatic heterocycles. The first kappa shape index (κ1) is 15.8. The summed E-state index contributed by atoms with van der Waals surface area (Å²) in [7, 11) is -3.56. The molecule has 8 heteroatoms. The van der Waals surface area contributed by atoms with Crippen molar-refractivity contribution >= 4 is 44.5 Å². The molecular weight excluding hydrogens is 330 g/mol. The van der Waals surface area contributed by atoms with Gasteiger partial charge in [0.2, 0.25) is 9.84 Å². The van der Waals surface area contributed by atoms with Crippen LogP contribution in [0.25, 0.3) is 10.9 Å². The van der Waals surface area contributed by atoms with Crippen LogP contribution >= 0.6 is 23.7 Å². The fraction of sp³-hybridized carbons (Fsp3) is 0.0769. The molecule has 5 nitrogen and oxygen atoms in total. The van der Waals surface area contributed by atoms with E-state index in [4.69, 9.17) is 5.73 Å². The lowest BCUT2D eigenvalue weighted by molar-refractivity contribution is 0.598. The number of halogens is 1. The molecule has 0 atom stereocenters. The Morgan fingerprint density at radius 1 is 1.19 bits per heavy atom. The van der Waals surface area contributed by atoms with Gasteiger partial charge in [-0.05, 0) is 18.2 Å². The van der Waals surface area contributed by atoms with Crippen LogP contribution in [-0.2, 0) is 16.4 Å². The van der Waals surface area contributed by atoms with Gasteiger partial charge < -0.3 is 5.73 Å². The zero-order valence-electron chi connectivity index (χ0n) is 10.8. The second-order valence-corrected chi connectivity index (χ2v) is 7.43. The number of pyridine rings is 1. The number of hydrogen-bond donors (Lipinski definition) is 1. The number of benzene rings is 1. The molecule has 110 valence electrons. The van der Waals surface area contributed by atoms with Gasteiger partial charge in [0.1, 0.15) is 9.22 Å². The highest BCUT2D eigenvalue weighted by molar-refractivity contribution is 7.93. The van der Waals surface area contributed by atoms with Gasteiger partial charge in [-0.3, -0.25) is 4.98 Å². The smallest absolute Gasteiger partial charge is 0.217 e. The van der Waals surface area contributed by atoms with Crippen molar-refractivity contribution in [1.82, 2.24) is 9.97 Å². The Labute approximate surface area is 132 Å². The van der Waals surface area contributed by atoms with Crippen LogP contribution in [0.2, 0.25) is 0 Å². The van der Waals surface area contributed by atoms with Crippen LogP contribution in [-0.4, -0.2) is 18.4 Å². The summed E-state index contributed by atoms with van der Waals surface area (Å²) in [5.41, 5.74) is 6.11. The van der Waals surface area contributed by atoms with Gasteiger partial charge in [-0.15, -0.1) is 23.7 Å². The molecule has 0 saturated carbocycles. The molecule has 21 heavy (non-hydrogen) atoms. The second-order valence-electron chi connectivity index (χ2n) is 4.14. The summed E-state index contributed by atoms with van der Waals surface area (Å²) in [4.78, 5) is 8.38. The van der Waals surface area contributed by atoms with Crippen molar-refractivity contribution < 1.29 is 8.42 Å². The third-order valence-corrected chi connectivity index (χ3v) is 6.09. The van der Waals surface area contributed by atoms with Crippen LogP contribution in [0.4, 0.5) is 0 Å². The molecule has 0 bridgehead atoms. The summed E-state index contributed by atoms with van der Waals surface area (Å²) in [6.45, 7) is 0.236. The maximum Gasteiger partial charge on any atom is 0.217 e. The molecule has 2 N–H and O–H groups in total. The number of hydrogen-bond acceptors (Lipinski definition) is 6. The predicted octanol–water partition coefficient (Wildman–Crippen LogP) is 2.40. The Bertz CT molecular complexity index is 878. The lowest BCUT2D eigenvalue weighted by Crippen LogP contribution is -1.99. The highest BCUT2D eigenvalue weighted by Crippen LogP contribution is 2.27. The van der Waals surface area contributed by atoms with Gasteiger partial charge >= 0.3 is 0 Å². The number of nitrogens with zero attached hydrogens (tertiary/aromatic N) is 2. The van der Waals surface area contributed by atoms with Gasteiger partial charge in [-0.25, -0.2) is 13.4 Å². The number of sulfone groups is 1. The second kappa shape index (κ2) is 6.07. The van der Waals surface area contributed by atoms with Crippen molar-refractivity contribution in [2.45, 2.75) is 15.6 Å². The Balaban J connectivity index is 0.00000161. The number of thiazole rings is 1. The number of fused-ring (bicyclic) bond motifs is 1. The van der Waals surface area contributed by atoms with Crippen LogP contribution in [0.1, 0.15) is 5.01 Å². The van der Waals surface area contributed by atoms with Crippen LogP contribution in [0, 0.1) is 0 Å². The SMILES string of the molecule is Cl.NCc1ncc(S(=O)(=O)c2ccc3cccnc3c2)s1. The molecule has 0 fully saturated rings. The van der Waals surface area contributed by atoms with E-state index in [1.807, 2.05) is 12.1 Å². The molecule has 2 heterocycles. The summed E-state index contributed by atoms with van der Waals surface area (Å²) in [6.07, 6.45) is 2.99. The van der Waals surface area contributed by atoms with Crippen molar-refractivity contribution in [3.05, 3.63) is 47.7 Å². The van der Waals surface area contributed by atoms with Crippen molar-refractivity contribution in [1.29, 1.82) is 0 Å². The predicted molar refractivity (Wildman–Crippen MR) is 84.4 cm³/mol. The zero-order chi connectivity index (χ0) is 14.2. The van der Waals surface area contributed by atoms with Crippen LogP contribution < -0.4 is 5.73 Å². The number of nitrogens with two attached hydrogens (primary N) is 1. The fourth-order valence-corrected chi connectivity index (χ4v) is 4.32. The Morgan fingerprint density at radius 3 is 2.71 bits per heavy atom. The maximum atomic E-state index is 12.5. The molecule has 0 amide bonds. The lowest BCUT2D eigenvalue weighted by Gasteiger charge is -2.03. The van der Waals surface area contributed by atoms with E-state index in [1.54, 1.807) is 24.4 Å². The highest BCUT2D eigenvalue weighted by atomic mass is 35.5. The number of aromatic nitrogens is 2. The largest absolute Gasteiger partial charge is 0.325 e. The van der Waals surface area contributed by atoms with Gasteiger partial charge in [0.05, 0.1) is 16.6 Å². The van der Waals surface area contributed by atoms with E-state index in [9.17, 15) is 8.42 Å². The summed E-state index contributed by atoms with van der Waals surface area (Å²) in [6, 6.07) is 8.61. The molecule has 3 aromatic rings. The number of rotatable bonds is 3. The molecule has 2 aromatic heterocycles. The van der Waals surface area contributed by atoms with Gasteiger partial charge in [0.25, 0.3) is 0 Å². The molecule has 0 saturated heterocycles. The highest BCUT2D eigenvalue weighted by Gasteiger charge is 2.21. The Hall–Kier alpha value is -1.54. The lowest BCUT2D eigenvalue weighted by atomic mass is 10.2. The molecule has 3 rings (SSSR count). The van der Waals surface area contributed by atoms with E-state index in [0.717, 1.165) is 16.7 Å². The molecule has 0 aliphatic rings. The third kappa shape index (κ3) is 2.91. The standard InChI is InChI=1S/C13H11N3O2S2.ClH/c14-7-12-16-8-13(19-12)20(17,18)10-4-3-9-2-1-5-15-11(9)6-10;/h1-6,8H,7,14H2;1H. The normalized spacial score (nSPS) is 11.3. The molecule has 0 aliphatic carbocycles. The van der Waals surface area contributed by atoms with Gasteiger partial charge in [-0.2, -0.15) is 0 Å². The van der Waals surface area contributed by atoms with E-state index >= 15 is 0 Å². The average Bonchev–Trinajstić information content (AvgIpc) is 2.96. The van der Waals surface area contributed by atoms with Crippen LogP contribution in [0.5, 0.6) is 0 Å². The minimum atomic E-state index is -3.56. The topological polar surface area (TPSA) is 85.9 Å². The minimum absolute atomic E-state index is 0. The molecular formula is C13H12ClN3O2S2. The fourth-order valence-electron chi connectivity index (χ4n) is 1.84. The van der Waals surface area contributed by atoms with Gasteiger partial charge in [0, 0.05) is 18.1 Å². The monoisotopic (exact) mass is 341 g/mol. The van der Waals surface area contributed by atoms with Crippen LogP contribution in [0.3, 0.4) is 0 Å². The Morgan fingerprint density at radius 2 is 2.00 bits per heavy atom. The summed E-state index contributed by atoms with van der Waals surface area (Å²) in [5.74, 6) is 0. The molecule has 1 aromatic carbocycles. The van der Waals surface area contributed by atoms with E-state index in [1.165, 1.54) is 6.20 Å². The first-order valence-electron chi connectivity index (χ1n) is 5.86. The molecule has 0 spiro atoms. The van der Waals surface area contributed by atoms with E-state index in [2.05, 4.69) is 9.97 Å².